The lowest BCUT2D eigenvalue weighted by atomic mass is 10.1. The number of benzene rings is 1. The number of nitro groups is 1. The average molecular weight is 294 g/mol. The van der Waals surface area contributed by atoms with E-state index >= 15 is 0 Å². The zero-order chi connectivity index (χ0) is 14.5. The Balaban J connectivity index is 2.21. The van der Waals surface area contributed by atoms with Crippen LogP contribution in [0.1, 0.15) is 5.56 Å². The molecule has 0 amide bonds. The van der Waals surface area contributed by atoms with Gasteiger partial charge in [-0.15, -0.1) is 0 Å². The van der Waals surface area contributed by atoms with E-state index < -0.39 is 4.92 Å². The highest BCUT2D eigenvalue weighted by molar-refractivity contribution is 6.30. The largest absolute Gasteiger partial charge is 0.487 e. The van der Waals surface area contributed by atoms with Crippen LogP contribution in [0, 0.1) is 10.1 Å². The van der Waals surface area contributed by atoms with Gasteiger partial charge >= 0.3 is 0 Å². The summed E-state index contributed by atoms with van der Waals surface area (Å²) in [7, 11) is 1.63. The predicted molar refractivity (Wildman–Crippen MR) is 76.2 cm³/mol. The highest BCUT2D eigenvalue weighted by Crippen LogP contribution is 2.28. The van der Waals surface area contributed by atoms with E-state index in [1.807, 2.05) is 0 Å². The van der Waals surface area contributed by atoms with Crippen molar-refractivity contribution in [2.45, 2.75) is 6.61 Å². The molecule has 2 aromatic rings. The highest BCUT2D eigenvalue weighted by atomic mass is 35.5. The summed E-state index contributed by atoms with van der Waals surface area (Å²) in [6.45, 7) is 0.180. The Morgan fingerprint density at radius 2 is 2.25 bits per heavy atom. The zero-order valence-electron chi connectivity index (χ0n) is 10.7. The van der Waals surface area contributed by atoms with Crippen molar-refractivity contribution in [3.05, 3.63) is 57.4 Å². The molecule has 0 atom stereocenters. The third-order valence-electron chi connectivity index (χ3n) is 2.65. The van der Waals surface area contributed by atoms with Gasteiger partial charge in [0, 0.05) is 30.9 Å². The van der Waals surface area contributed by atoms with Gasteiger partial charge in [0.1, 0.15) is 18.0 Å². The number of halogens is 1. The molecular weight excluding hydrogens is 282 g/mol. The van der Waals surface area contributed by atoms with E-state index in [0.29, 0.717) is 22.0 Å². The van der Waals surface area contributed by atoms with Gasteiger partial charge in [-0.1, -0.05) is 23.7 Å². The van der Waals surface area contributed by atoms with Crippen LogP contribution in [0.5, 0.6) is 5.75 Å². The molecule has 0 aliphatic heterocycles. The van der Waals surface area contributed by atoms with Crippen LogP contribution in [0.4, 0.5) is 11.4 Å². The summed E-state index contributed by atoms with van der Waals surface area (Å²) in [5, 5.41) is 14.2. The Labute approximate surface area is 120 Å². The maximum atomic E-state index is 10.9. The first-order valence-electron chi connectivity index (χ1n) is 5.79. The number of nitrogens with one attached hydrogen (secondary N) is 1. The number of pyridine rings is 1. The number of hydrogen-bond donors (Lipinski definition) is 1. The molecule has 104 valence electrons. The van der Waals surface area contributed by atoms with E-state index in [0.717, 1.165) is 0 Å². The second-order valence-corrected chi connectivity index (χ2v) is 4.38. The zero-order valence-corrected chi connectivity index (χ0v) is 11.4. The van der Waals surface area contributed by atoms with Crippen LogP contribution >= 0.6 is 11.6 Å². The lowest BCUT2D eigenvalue weighted by Crippen LogP contribution is -2.04. The fraction of sp³-hybridized carbons (Fsp3) is 0.154. The quantitative estimate of drug-likeness (QED) is 0.676. The monoisotopic (exact) mass is 293 g/mol. The number of rotatable bonds is 5. The van der Waals surface area contributed by atoms with Crippen molar-refractivity contribution in [3.63, 3.8) is 0 Å². The molecule has 0 saturated heterocycles. The number of para-hydroxylation sites is 1. The summed E-state index contributed by atoms with van der Waals surface area (Å²) < 4.78 is 5.54. The van der Waals surface area contributed by atoms with Crippen molar-refractivity contribution >= 4 is 23.0 Å². The summed E-state index contributed by atoms with van der Waals surface area (Å²) >= 11 is 5.81. The molecule has 0 bridgehead atoms. The van der Waals surface area contributed by atoms with Crippen LogP contribution in [0.2, 0.25) is 5.02 Å². The fourth-order valence-electron chi connectivity index (χ4n) is 1.78. The van der Waals surface area contributed by atoms with Crippen LogP contribution in [0.15, 0.2) is 36.7 Å². The number of anilines is 1. The number of nitrogens with zero attached hydrogens (tertiary/aromatic N) is 2. The third kappa shape index (κ3) is 3.16. The molecule has 1 N–H and O–H groups in total. The average Bonchev–Trinajstić information content (AvgIpc) is 2.44. The van der Waals surface area contributed by atoms with E-state index in [2.05, 4.69) is 10.3 Å². The maximum absolute atomic E-state index is 10.9. The van der Waals surface area contributed by atoms with Gasteiger partial charge < -0.3 is 10.1 Å². The minimum Gasteiger partial charge on any atom is -0.487 e. The predicted octanol–water partition coefficient (Wildman–Crippen LogP) is 3.26. The van der Waals surface area contributed by atoms with E-state index in [-0.39, 0.29) is 12.3 Å². The molecule has 2 rings (SSSR count). The van der Waals surface area contributed by atoms with Crippen molar-refractivity contribution < 1.29 is 9.66 Å². The molecule has 1 aromatic carbocycles. The topological polar surface area (TPSA) is 77.3 Å². The van der Waals surface area contributed by atoms with E-state index in [4.69, 9.17) is 16.3 Å². The van der Waals surface area contributed by atoms with Crippen molar-refractivity contribution in [2.24, 2.45) is 0 Å². The lowest BCUT2D eigenvalue weighted by molar-refractivity contribution is -0.384. The van der Waals surface area contributed by atoms with Crippen LogP contribution in [-0.4, -0.2) is 17.0 Å². The van der Waals surface area contributed by atoms with Gasteiger partial charge in [0.2, 0.25) is 0 Å². The first-order chi connectivity index (χ1) is 9.61. The summed E-state index contributed by atoms with van der Waals surface area (Å²) in [5.41, 5.74) is 1.13. The SMILES string of the molecule is CNc1c(COc2cncc(Cl)c2)cccc1[N+](=O)[O-]. The van der Waals surface area contributed by atoms with E-state index in [1.165, 1.54) is 18.5 Å². The normalized spacial score (nSPS) is 10.1. The van der Waals surface area contributed by atoms with Crippen molar-refractivity contribution in [1.82, 2.24) is 4.98 Å². The summed E-state index contributed by atoms with van der Waals surface area (Å²) in [6, 6.07) is 6.45. The van der Waals surface area contributed by atoms with Gasteiger partial charge in [-0.2, -0.15) is 0 Å². The molecule has 7 heteroatoms. The first kappa shape index (κ1) is 14.1. The third-order valence-corrected chi connectivity index (χ3v) is 2.86. The Morgan fingerprint density at radius 1 is 1.45 bits per heavy atom. The molecule has 0 fully saturated rings. The smallest absolute Gasteiger partial charge is 0.292 e. The van der Waals surface area contributed by atoms with Crippen molar-refractivity contribution in [2.75, 3.05) is 12.4 Å². The lowest BCUT2D eigenvalue weighted by Gasteiger charge is -2.11. The number of hydrogen-bond acceptors (Lipinski definition) is 5. The molecule has 0 aliphatic rings. The van der Waals surface area contributed by atoms with Crippen molar-refractivity contribution in [1.29, 1.82) is 0 Å². The van der Waals surface area contributed by atoms with Gasteiger partial charge in [-0.3, -0.25) is 15.1 Å². The molecule has 0 unspecified atom stereocenters. The Morgan fingerprint density at radius 3 is 2.90 bits per heavy atom. The molecule has 20 heavy (non-hydrogen) atoms. The van der Waals surface area contributed by atoms with Crippen LogP contribution < -0.4 is 10.1 Å². The molecule has 0 radical (unpaired) electrons. The van der Waals surface area contributed by atoms with Crippen molar-refractivity contribution in [3.8, 4) is 5.75 Å². The van der Waals surface area contributed by atoms with Gasteiger partial charge in [0.15, 0.2) is 0 Å². The molecular formula is C13H12ClN3O3. The summed E-state index contributed by atoms with van der Waals surface area (Å²) in [4.78, 5) is 14.4. The Bertz CT molecular complexity index is 634. The molecule has 1 heterocycles. The molecule has 1 aromatic heterocycles. The maximum Gasteiger partial charge on any atom is 0.292 e. The van der Waals surface area contributed by atoms with Gasteiger partial charge in [-0.05, 0) is 0 Å². The van der Waals surface area contributed by atoms with E-state index in [9.17, 15) is 10.1 Å². The number of nitro benzene ring substituents is 1. The first-order valence-corrected chi connectivity index (χ1v) is 6.17. The molecule has 0 saturated carbocycles. The van der Waals surface area contributed by atoms with Gasteiger partial charge in [0.05, 0.1) is 16.1 Å². The van der Waals surface area contributed by atoms with E-state index in [1.54, 1.807) is 25.2 Å². The summed E-state index contributed by atoms with van der Waals surface area (Å²) in [6.07, 6.45) is 3.03. The Hall–Kier alpha value is -2.34. The van der Waals surface area contributed by atoms with Crippen LogP contribution in [0.25, 0.3) is 0 Å². The van der Waals surface area contributed by atoms with Crippen LogP contribution in [0.3, 0.4) is 0 Å². The molecule has 6 nitrogen and oxygen atoms in total. The molecule has 0 aliphatic carbocycles. The highest BCUT2D eigenvalue weighted by Gasteiger charge is 2.16. The summed E-state index contributed by atoms with van der Waals surface area (Å²) in [5.74, 6) is 0.506. The number of ether oxygens (including phenoxy) is 1. The van der Waals surface area contributed by atoms with Gasteiger partial charge in [0.25, 0.3) is 5.69 Å². The number of aromatic nitrogens is 1. The molecule has 0 spiro atoms. The minimum atomic E-state index is -0.434. The van der Waals surface area contributed by atoms with Gasteiger partial charge in [-0.25, -0.2) is 0 Å². The van der Waals surface area contributed by atoms with Crippen LogP contribution in [-0.2, 0) is 6.61 Å². The Kier molecular flexibility index (Phi) is 4.37. The second kappa shape index (κ2) is 6.21. The second-order valence-electron chi connectivity index (χ2n) is 3.95. The fourth-order valence-corrected chi connectivity index (χ4v) is 1.94. The standard InChI is InChI=1S/C13H12ClN3O3/c1-15-13-9(3-2-4-12(13)17(18)19)8-20-11-5-10(14)6-16-7-11/h2-7,15H,8H2,1H3. The minimum absolute atomic E-state index is 0.0119.